The maximum Gasteiger partial charge on any atom is 0.305 e. The lowest BCUT2D eigenvalue weighted by Crippen LogP contribution is -2.13. The summed E-state index contributed by atoms with van der Waals surface area (Å²) in [5.41, 5.74) is 0. The van der Waals surface area contributed by atoms with E-state index >= 15 is 0 Å². The van der Waals surface area contributed by atoms with Crippen molar-refractivity contribution in [1.82, 2.24) is 0 Å². The van der Waals surface area contributed by atoms with E-state index in [1.807, 2.05) is 6.92 Å². The van der Waals surface area contributed by atoms with Crippen molar-refractivity contribution >= 4 is 5.97 Å². The third-order valence-electron chi connectivity index (χ3n) is 2.66. The SMILES string of the molecule is COC(=O)C[C@H](C)C[C@@H](C)C[C@H](C)CO. The number of hydrogen-bond donors (Lipinski definition) is 1. The van der Waals surface area contributed by atoms with E-state index in [9.17, 15) is 4.79 Å². The second-order valence-corrected chi connectivity index (χ2v) is 4.75. The standard InChI is InChI=1S/C12H24O3/c1-9(6-11(3)8-13)5-10(2)7-12(14)15-4/h9-11,13H,5-8H2,1-4H3/t9-,10-,11+/m1/s1. The number of aliphatic hydroxyl groups is 1. The molecule has 0 unspecified atom stereocenters. The van der Waals surface area contributed by atoms with Crippen LogP contribution in [-0.4, -0.2) is 24.8 Å². The molecule has 0 aliphatic carbocycles. The van der Waals surface area contributed by atoms with Crippen LogP contribution in [0.15, 0.2) is 0 Å². The summed E-state index contributed by atoms with van der Waals surface area (Å²) < 4.78 is 4.63. The van der Waals surface area contributed by atoms with Crippen LogP contribution in [0.5, 0.6) is 0 Å². The highest BCUT2D eigenvalue weighted by Gasteiger charge is 2.14. The van der Waals surface area contributed by atoms with Crippen LogP contribution < -0.4 is 0 Å². The van der Waals surface area contributed by atoms with Crippen molar-refractivity contribution in [2.24, 2.45) is 17.8 Å². The van der Waals surface area contributed by atoms with Gasteiger partial charge in [0.1, 0.15) is 0 Å². The van der Waals surface area contributed by atoms with E-state index in [2.05, 4.69) is 18.6 Å². The zero-order valence-corrected chi connectivity index (χ0v) is 10.3. The van der Waals surface area contributed by atoms with Crippen LogP contribution in [-0.2, 0) is 9.53 Å². The second kappa shape index (κ2) is 7.69. The summed E-state index contributed by atoms with van der Waals surface area (Å²) >= 11 is 0. The van der Waals surface area contributed by atoms with Gasteiger partial charge in [0.25, 0.3) is 0 Å². The zero-order chi connectivity index (χ0) is 11.8. The van der Waals surface area contributed by atoms with E-state index in [0.29, 0.717) is 24.2 Å². The normalized spacial score (nSPS) is 16.9. The summed E-state index contributed by atoms with van der Waals surface area (Å²) in [4.78, 5) is 11.0. The molecular formula is C12H24O3. The van der Waals surface area contributed by atoms with E-state index in [-0.39, 0.29) is 12.6 Å². The first-order valence-electron chi connectivity index (χ1n) is 5.67. The highest BCUT2D eigenvalue weighted by Crippen LogP contribution is 2.21. The Balaban J connectivity index is 3.75. The molecule has 0 saturated carbocycles. The molecule has 0 aromatic rings. The van der Waals surface area contributed by atoms with Gasteiger partial charge in [0.2, 0.25) is 0 Å². The summed E-state index contributed by atoms with van der Waals surface area (Å²) in [6.07, 6.45) is 2.52. The largest absolute Gasteiger partial charge is 0.469 e. The minimum atomic E-state index is -0.134. The van der Waals surface area contributed by atoms with Crippen molar-refractivity contribution in [1.29, 1.82) is 0 Å². The fourth-order valence-electron chi connectivity index (χ4n) is 2.00. The van der Waals surface area contributed by atoms with Gasteiger partial charge >= 0.3 is 5.97 Å². The van der Waals surface area contributed by atoms with Crippen LogP contribution in [0.2, 0.25) is 0 Å². The Kier molecular flexibility index (Phi) is 7.39. The van der Waals surface area contributed by atoms with E-state index in [0.717, 1.165) is 12.8 Å². The third kappa shape index (κ3) is 7.37. The first-order chi connectivity index (χ1) is 6.99. The number of rotatable bonds is 7. The summed E-state index contributed by atoms with van der Waals surface area (Å²) in [6.45, 7) is 6.52. The predicted molar refractivity (Wildman–Crippen MR) is 60.4 cm³/mol. The highest BCUT2D eigenvalue weighted by atomic mass is 16.5. The minimum Gasteiger partial charge on any atom is -0.469 e. The van der Waals surface area contributed by atoms with Gasteiger partial charge in [-0.2, -0.15) is 0 Å². The van der Waals surface area contributed by atoms with Crippen molar-refractivity contribution in [2.45, 2.75) is 40.0 Å². The molecule has 1 N–H and O–H groups in total. The molecule has 0 heterocycles. The van der Waals surface area contributed by atoms with Crippen LogP contribution in [0.25, 0.3) is 0 Å². The fourth-order valence-corrected chi connectivity index (χ4v) is 2.00. The van der Waals surface area contributed by atoms with Crippen molar-refractivity contribution in [3.05, 3.63) is 0 Å². The average molecular weight is 216 g/mol. The topological polar surface area (TPSA) is 46.5 Å². The zero-order valence-electron chi connectivity index (χ0n) is 10.3. The van der Waals surface area contributed by atoms with Gasteiger partial charge in [-0.05, 0) is 30.6 Å². The molecule has 0 radical (unpaired) electrons. The Labute approximate surface area is 92.8 Å². The Hall–Kier alpha value is -0.570. The lowest BCUT2D eigenvalue weighted by molar-refractivity contribution is -0.141. The second-order valence-electron chi connectivity index (χ2n) is 4.75. The highest BCUT2D eigenvalue weighted by molar-refractivity contribution is 5.69. The number of hydrogen-bond acceptors (Lipinski definition) is 3. The maximum atomic E-state index is 11.0. The monoisotopic (exact) mass is 216 g/mol. The molecular weight excluding hydrogens is 192 g/mol. The van der Waals surface area contributed by atoms with Gasteiger partial charge in [0, 0.05) is 13.0 Å². The number of ether oxygens (including phenoxy) is 1. The van der Waals surface area contributed by atoms with E-state index in [1.54, 1.807) is 0 Å². The number of esters is 1. The van der Waals surface area contributed by atoms with Gasteiger partial charge in [0.05, 0.1) is 7.11 Å². The number of methoxy groups -OCH3 is 1. The predicted octanol–water partition coefficient (Wildman–Crippen LogP) is 2.23. The molecule has 0 aromatic carbocycles. The number of aliphatic hydroxyl groups excluding tert-OH is 1. The molecule has 3 heteroatoms. The quantitative estimate of drug-likeness (QED) is 0.664. The van der Waals surface area contributed by atoms with Gasteiger partial charge in [-0.25, -0.2) is 0 Å². The van der Waals surface area contributed by atoms with Crippen LogP contribution in [0, 0.1) is 17.8 Å². The molecule has 0 bridgehead atoms. The third-order valence-corrected chi connectivity index (χ3v) is 2.66. The Morgan fingerprint density at radius 2 is 1.67 bits per heavy atom. The summed E-state index contributed by atoms with van der Waals surface area (Å²) in [6, 6.07) is 0. The lowest BCUT2D eigenvalue weighted by atomic mass is 9.88. The smallest absolute Gasteiger partial charge is 0.305 e. The molecule has 3 nitrogen and oxygen atoms in total. The minimum absolute atomic E-state index is 0.134. The molecule has 0 aromatic heterocycles. The molecule has 0 fully saturated rings. The van der Waals surface area contributed by atoms with Crippen molar-refractivity contribution in [3.8, 4) is 0 Å². The first-order valence-corrected chi connectivity index (χ1v) is 5.67. The molecule has 0 spiro atoms. The van der Waals surface area contributed by atoms with E-state index in [1.165, 1.54) is 7.11 Å². The molecule has 0 amide bonds. The molecule has 0 rings (SSSR count). The summed E-state index contributed by atoms with van der Waals surface area (Å²) in [5.74, 6) is 1.13. The number of carbonyl (C=O) groups excluding carboxylic acids is 1. The summed E-state index contributed by atoms with van der Waals surface area (Å²) in [5, 5.41) is 8.93. The van der Waals surface area contributed by atoms with Crippen LogP contribution >= 0.6 is 0 Å². The van der Waals surface area contributed by atoms with Crippen LogP contribution in [0.4, 0.5) is 0 Å². The van der Waals surface area contributed by atoms with E-state index in [4.69, 9.17) is 5.11 Å². The molecule has 3 atom stereocenters. The summed E-state index contributed by atoms with van der Waals surface area (Å²) in [7, 11) is 1.42. The Bertz CT molecular complexity index is 180. The van der Waals surface area contributed by atoms with Gasteiger partial charge in [-0.3, -0.25) is 4.79 Å². The van der Waals surface area contributed by atoms with Gasteiger partial charge < -0.3 is 9.84 Å². The molecule has 0 aliphatic heterocycles. The number of carbonyl (C=O) groups is 1. The lowest BCUT2D eigenvalue weighted by Gasteiger charge is -2.18. The van der Waals surface area contributed by atoms with Crippen LogP contribution in [0.3, 0.4) is 0 Å². The molecule has 90 valence electrons. The van der Waals surface area contributed by atoms with Gasteiger partial charge in [0.15, 0.2) is 0 Å². The maximum absolute atomic E-state index is 11.0. The Morgan fingerprint density at radius 1 is 1.13 bits per heavy atom. The van der Waals surface area contributed by atoms with Crippen molar-refractivity contribution in [3.63, 3.8) is 0 Å². The Morgan fingerprint density at radius 3 is 2.13 bits per heavy atom. The van der Waals surface area contributed by atoms with E-state index < -0.39 is 0 Å². The molecule has 0 saturated heterocycles. The van der Waals surface area contributed by atoms with Crippen molar-refractivity contribution < 1.29 is 14.6 Å². The van der Waals surface area contributed by atoms with Gasteiger partial charge in [-0.15, -0.1) is 0 Å². The van der Waals surface area contributed by atoms with Crippen molar-refractivity contribution in [2.75, 3.05) is 13.7 Å². The first kappa shape index (κ1) is 14.4. The average Bonchev–Trinajstić information content (AvgIpc) is 2.16. The van der Waals surface area contributed by atoms with Gasteiger partial charge in [-0.1, -0.05) is 20.8 Å². The molecule has 15 heavy (non-hydrogen) atoms. The molecule has 0 aliphatic rings. The van der Waals surface area contributed by atoms with Crippen LogP contribution in [0.1, 0.15) is 40.0 Å². The fraction of sp³-hybridized carbons (Fsp3) is 0.917.